The van der Waals surface area contributed by atoms with E-state index >= 15 is 0 Å². The molecule has 0 amide bonds. The second-order valence-corrected chi connectivity index (χ2v) is 4.02. The minimum Gasteiger partial charge on any atom is -0.396 e. The number of aliphatic hydroxyl groups excluding tert-OH is 1. The fourth-order valence-corrected chi connectivity index (χ4v) is 2.27. The molecule has 0 aromatic carbocycles. The highest BCUT2D eigenvalue weighted by Gasteiger charge is 2.46. The standard InChI is InChI=1S/C11H17NO2/c1-2-9(6-13)11(7-14-8-11)10-4-3-5-12-10/h3-5,9,12-13H,2,6-8H2,1H3. The van der Waals surface area contributed by atoms with Gasteiger partial charge in [-0.2, -0.15) is 0 Å². The number of hydrogen-bond acceptors (Lipinski definition) is 2. The van der Waals surface area contributed by atoms with Crippen molar-refractivity contribution in [1.29, 1.82) is 0 Å². The van der Waals surface area contributed by atoms with E-state index < -0.39 is 0 Å². The highest BCUT2D eigenvalue weighted by Crippen LogP contribution is 2.39. The minimum atomic E-state index is 0.0347. The summed E-state index contributed by atoms with van der Waals surface area (Å²) < 4.78 is 5.32. The zero-order valence-corrected chi connectivity index (χ0v) is 8.49. The molecule has 14 heavy (non-hydrogen) atoms. The molecular formula is C11H17NO2. The second kappa shape index (κ2) is 3.75. The van der Waals surface area contributed by atoms with E-state index in [0.717, 1.165) is 19.6 Å². The van der Waals surface area contributed by atoms with Crippen LogP contribution in [0.1, 0.15) is 19.0 Å². The van der Waals surface area contributed by atoms with Gasteiger partial charge in [-0.05, 0) is 18.1 Å². The molecule has 0 bridgehead atoms. The third-order valence-corrected chi connectivity index (χ3v) is 3.35. The molecule has 0 spiro atoms. The Balaban J connectivity index is 2.25. The average Bonchev–Trinajstić information content (AvgIpc) is 2.63. The van der Waals surface area contributed by atoms with Gasteiger partial charge in [-0.3, -0.25) is 0 Å². The van der Waals surface area contributed by atoms with Gasteiger partial charge in [0.25, 0.3) is 0 Å². The molecule has 1 aliphatic heterocycles. The van der Waals surface area contributed by atoms with Gasteiger partial charge in [0.1, 0.15) is 0 Å². The van der Waals surface area contributed by atoms with Crippen molar-refractivity contribution in [2.24, 2.45) is 5.92 Å². The summed E-state index contributed by atoms with van der Waals surface area (Å²) in [4.78, 5) is 3.24. The first-order valence-electron chi connectivity index (χ1n) is 5.16. The molecule has 1 saturated heterocycles. The molecule has 0 radical (unpaired) electrons. The number of H-pyrrole nitrogens is 1. The highest BCUT2D eigenvalue weighted by molar-refractivity contribution is 5.22. The maximum atomic E-state index is 9.36. The van der Waals surface area contributed by atoms with Gasteiger partial charge in [0.05, 0.1) is 18.6 Å². The number of hydrogen-bond donors (Lipinski definition) is 2. The van der Waals surface area contributed by atoms with Gasteiger partial charge >= 0.3 is 0 Å². The highest BCUT2D eigenvalue weighted by atomic mass is 16.5. The van der Waals surface area contributed by atoms with Gasteiger partial charge in [-0.25, -0.2) is 0 Å². The van der Waals surface area contributed by atoms with Gasteiger partial charge in [0, 0.05) is 18.5 Å². The van der Waals surface area contributed by atoms with Crippen molar-refractivity contribution in [1.82, 2.24) is 4.98 Å². The molecule has 1 aliphatic rings. The Hall–Kier alpha value is -0.800. The minimum absolute atomic E-state index is 0.0347. The number of rotatable bonds is 4. The molecule has 0 aliphatic carbocycles. The predicted octanol–water partition coefficient (Wildman–Crippen LogP) is 1.30. The first-order chi connectivity index (χ1) is 6.83. The zero-order valence-electron chi connectivity index (χ0n) is 8.49. The largest absolute Gasteiger partial charge is 0.396 e. The van der Waals surface area contributed by atoms with Crippen LogP contribution in [0.25, 0.3) is 0 Å². The molecule has 2 rings (SSSR count). The lowest BCUT2D eigenvalue weighted by atomic mass is 9.70. The van der Waals surface area contributed by atoms with Gasteiger partial charge in [0.2, 0.25) is 0 Å². The van der Waals surface area contributed by atoms with Crippen molar-refractivity contribution in [3.05, 3.63) is 24.0 Å². The summed E-state index contributed by atoms with van der Waals surface area (Å²) in [6.07, 6.45) is 2.92. The maximum absolute atomic E-state index is 9.36. The summed E-state index contributed by atoms with van der Waals surface area (Å²) in [6.45, 7) is 3.81. The molecule has 2 N–H and O–H groups in total. The average molecular weight is 195 g/mol. The van der Waals surface area contributed by atoms with E-state index in [0.29, 0.717) is 5.92 Å². The zero-order chi connectivity index (χ0) is 10.0. The van der Waals surface area contributed by atoms with Crippen LogP contribution < -0.4 is 0 Å². The van der Waals surface area contributed by atoms with Crippen LogP contribution in [0.4, 0.5) is 0 Å². The SMILES string of the molecule is CCC(CO)C1(c2ccc[nH]2)COC1. The van der Waals surface area contributed by atoms with E-state index in [9.17, 15) is 5.11 Å². The third-order valence-electron chi connectivity index (χ3n) is 3.35. The fourth-order valence-electron chi connectivity index (χ4n) is 2.27. The van der Waals surface area contributed by atoms with E-state index in [4.69, 9.17) is 4.74 Å². The number of nitrogens with one attached hydrogen (secondary N) is 1. The topological polar surface area (TPSA) is 45.2 Å². The van der Waals surface area contributed by atoms with Crippen LogP contribution in [-0.2, 0) is 10.2 Å². The second-order valence-electron chi connectivity index (χ2n) is 4.02. The van der Waals surface area contributed by atoms with Crippen LogP contribution in [0.2, 0.25) is 0 Å². The molecule has 1 fully saturated rings. The Morgan fingerprint density at radius 3 is 2.79 bits per heavy atom. The lowest BCUT2D eigenvalue weighted by Crippen LogP contribution is -2.53. The molecule has 1 aromatic heterocycles. The van der Waals surface area contributed by atoms with Crippen molar-refractivity contribution < 1.29 is 9.84 Å². The quantitative estimate of drug-likeness (QED) is 0.760. The number of ether oxygens (including phenoxy) is 1. The molecule has 1 atom stereocenters. The predicted molar refractivity (Wildman–Crippen MR) is 54.2 cm³/mol. The van der Waals surface area contributed by atoms with E-state index in [1.165, 1.54) is 5.69 Å². The molecule has 3 nitrogen and oxygen atoms in total. The first kappa shape index (κ1) is 9.74. The van der Waals surface area contributed by atoms with Gasteiger partial charge < -0.3 is 14.8 Å². The van der Waals surface area contributed by atoms with Gasteiger partial charge in [0.15, 0.2) is 0 Å². The Morgan fingerprint density at radius 2 is 2.43 bits per heavy atom. The summed E-state index contributed by atoms with van der Waals surface area (Å²) in [5.41, 5.74) is 1.23. The summed E-state index contributed by atoms with van der Waals surface area (Å²) in [6, 6.07) is 4.08. The summed E-state index contributed by atoms with van der Waals surface area (Å²) >= 11 is 0. The number of aromatic nitrogens is 1. The van der Waals surface area contributed by atoms with E-state index in [-0.39, 0.29) is 12.0 Å². The Bertz CT molecular complexity index is 273. The van der Waals surface area contributed by atoms with E-state index in [1.807, 2.05) is 12.3 Å². The van der Waals surface area contributed by atoms with Crippen LogP contribution in [0.15, 0.2) is 18.3 Å². The van der Waals surface area contributed by atoms with Gasteiger partial charge in [-0.1, -0.05) is 13.3 Å². The van der Waals surface area contributed by atoms with Crippen molar-refractivity contribution in [2.45, 2.75) is 18.8 Å². The summed E-state index contributed by atoms with van der Waals surface area (Å²) in [7, 11) is 0. The van der Waals surface area contributed by atoms with Crippen LogP contribution in [0, 0.1) is 5.92 Å². The van der Waals surface area contributed by atoms with Crippen molar-refractivity contribution in [3.63, 3.8) is 0 Å². The fraction of sp³-hybridized carbons (Fsp3) is 0.636. The van der Waals surface area contributed by atoms with Crippen molar-refractivity contribution >= 4 is 0 Å². The van der Waals surface area contributed by atoms with Crippen LogP contribution in [-0.4, -0.2) is 29.9 Å². The van der Waals surface area contributed by atoms with Crippen molar-refractivity contribution in [2.75, 3.05) is 19.8 Å². The normalized spacial score (nSPS) is 21.6. The summed E-state index contributed by atoms with van der Waals surface area (Å²) in [5.74, 6) is 0.301. The van der Waals surface area contributed by atoms with Crippen molar-refractivity contribution in [3.8, 4) is 0 Å². The van der Waals surface area contributed by atoms with Gasteiger partial charge in [-0.15, -0.1) is 0 Å². The first-order valence-corrected chi connectivity index (χ1v) is 5.16. The number of aromatic amines is 1. The summed E-state index contributed by atoms with van der Waals surface area (Å²) in [5, 5.41) is 9.36. The third kappa shape index (κ3) is 1.28. The van der Waals surface area contributed by atoms with E-state index in [2.05, 4.69) is 18.0 Å². The molecule has 78 valence electrons. The molecule has 1 aromatic rings. The van der Waals surface area contributed by atoms with E-state index in [1.54, 1.807) is 0 Å². The molecule has 1 unspecified atom stereocenters. The monoisotopic (exact) mass is 195 g/mol. The lowest BCUT2D eigenvalue weighted by molar-refractivity contribution is -0.103. The van der Waals surface area contributed by atoms with Crippen LogP contribution >= 0.6 is 0 Å². The smallest absolute Gasteiger partial charge is 0.0620 e. The molecule has 3 heteroatoms. The molecule has 2 heterocycles. The Labute approximate surface area is 84.1 Å². The molecular weight excluding hydrogens is 178 g/mol. The number of aliphatic hydroxyl groups is 1. The lowest BCUT2D eigenvalue weighted by Gasteiger charge is -2.46. The maximum Gasteiger partial charge on any atom is 0.0620 e. The Kier molecular flexibility index (Phi) is 2.61. The Morgan fingerprint density at radius 1 is 1.64 bits per heavy atom. The van der Waals surface area contributed by atoms with Crippen LogP contribution in [0.5, 0.6) is 0 Å². The van der Waals surface area contributed by atoms with Crippen LogP contribution in [0.3, 0.4) is 0 Å². The molecule has 0 saturated carbocycles.